The van der Waals surface area contributed by atoms with Gasteiger partial charge in [-0.2, -0.15) is 0 Å². The van der Waals surface area contributed by atoms with Crippen molar-refractivity contribution in [1.29, 1.82) is 0 Å². The van der Waals surface area contributed by atoms with Gasteiger partial charge in [0.15, 0.2) is 6.29 Å². The Hall–Kier alpha value is -1.50. The van der Waals surface area contributed by atoms with Crippen LogP contribution >= 0.6 is 0 Å². The third-order valence-corrected chi connectivity index (χ3v) is 4.97. The molecule has 3 rings (SSSR count). The summed E-state index contributed by atoms with van der Waals surface area (Å²) in [5.74, 6) is -0.00638. The zero-order valence-corrected chi connectivity index (χ0v) is 14.3. The lowest BCUT2D eigenvalue weighted by molar-refractivity contribution is -0.123. The van der Waals surface area contributed by atoms with E-state index in [-0.39, 0.29) is 24.1 Å². The summed E-state index contributed by atoms with van der Waals surface area (Å²) in [4.78, 5) is 14.6. The number of amides is 1. The Morgan fingerprint density at radius 3 is 2.58 bits per heavy atom. The van der Waals surface area contributed by atoms with Crippen molar-refractivity contribution in [3.63, 3.8) is 0 Å². The average molecular weight is 336 g/mol. The lowest BCUT2D eigenvalue weighted by atomic mass is 9.95. The van der Waals surface area contributed by atoms with E-state index in [0.29, 0.717) is 30.4 Å². The van der Waals surface area contributed by atoms with Gasteiger partial charge in [0.05, 0.1) is 19.3 Å². The summed E-state index contributed by atoms with van der Waals surface area (Å²) < 4.78 is 24.8. The molecule has 1 aromatic rings. The van der Waals surface area contributed by atoms with Gasteiger partial charge in [-0.25, -0.2) is 4.39 Å². The van der Waals surface area contributed by atoms with Crippen LogP contribution in [0.15, 0.2) is 18.2 Å². The quantitative estimate of drug-likeness (QED) is 0.918. The molecule has 5 nitrogen and oxygen atoms in total. The molecule has 2 aliphatic rings. The number of benzene rings is 1. The van der Waals surface area contributed by atoms with Crippen LogP contribution in [-0.2, 0) is 14.3 Å². The highest BCUT2D eigenvalue weighted by molar-refractivity contribution is 5.94. The first-order valence-electron chi connectivity index (χ1n) is 8.59. The summed E-state index contributed by atoms with van der Waals surface area (Å²) in [6.45, 7) is 6.62. The standard InChI is InChI=1S/C18H25FN2O3/c1-12-3-4-15(11-16(12)19)20-17(22)13(2)21-7-5-14(6-8-21)18-23-9-10-24-18/h3-4,11,13-14,18H,5-10H2,1-2H3,(H,20,22). The van der Waals surface area contributed by atoms with E-state index in [0.717, 1.165) is 25.9 Å². The molecule has 1 amide bonds. The molecule has 1 N–H and O–H groups in total. The normalized spacial score (nSPS) is 21.8. The van der Waals surface area contributed by atoms with Crippen LogP contribution < -0.4 is 5.32 Å². The molecule has 0 saturated carbocycles. The van der Waals surface area contributed by atoms with Gasteiger partial charge in [0.25, 0.3) is 0 Å². The average Bonchev–Trinajstić information content (AvgIpc) is 3.12. The van der Waals surface area contributed by atoms with Crippen LogP contribution in [0.5, 0.6) is 0 Å². The number of hydrogen-bond acceptors (Lipinski definition) is 4. The Balaban J connectivity index is 1.51. The Labute approximate surface area is 142 Å². The van der Waals surface area contributed by atoms with Crippen LogP contribution in [0.4, 0.5) is 10.1 Å². The molecule has 0 aromatic heterocycles. The topological polar surface area (TPSA) is 50.8 Å². The zero-order valence-electron chi connectivity index (χ0n) is 14.3. The van der Waals surface area contributed by atoms with E-state index in [9.17, 15) is 9.18 Å². The van der Waals surface area contributed by atoms with Gasteiger partial charge in [0.1, 0.15) is 5.82 Å². The Bertz CT molecular complexity index is 582. The number of piperidine rings is 1. The van der Waals surface area contributed by atoms with Crippen molar-refractivity contribution in [2.24, 2.45) is 5.92 Å². The summed E-state index contributed by atoms with van der Waals surface area (Å²) >= 11 is 0. The van der Waals surface area contributed by atoms with Gasteiger partial charge >= 0.3 is 0 Å². The zero-order chi connectivity index (χ0) is 17.1. The van der Waals surface area contributed by atoms with E-state index in [2.05, 4.69) is 10.2 Å². The first-order valence-corrected chi connectivity index (χ1v) is 8.59. The van der Waals surface area contributed by atoms with Gasteiger partial charge in [0, 0.05) is 11.6 Å². The van der Waals surface area contributed by atoms with Crippen molar-refractivity contribution >= 4 is 11.6 Å². The molecule has 24 heavy (non-hydrogen) atoms. The number of aryl methyl sites for hydroxylation is 1. The lowest BCUT2D eigenvalue weighted by Gasteiger charge is -2.36. The number of nitrogens with one attached hydrogen (secondary N) is 1. The maximum absolute atomic E-state index is 13.6. The molecule has 2 aliphatic heterocycles. The van der Waals surface area contributed by atoms with Crippen molar-refractivity contribution < 1.29 is 18.7 Å². The van der Waals surface area contributed by atoms with E-state index >= 15 is 0 Å². The molecule has 1 atom stereocenters. The van der Waals surface area contributed by atoms with Crippen molar-refractivity contribution in [2.45, 2.75) is 39.0 Å². The second-order valence-corrected chi connectivity index (χ2v) is 6.61. The fourth-order valence-electron chi connectivity index (χ4n) is 3.31. The molecular weight excluding hydrogens is 311 g/mol. The third kappa shape index (κ3) is 3.94. The smallest absolute Gasteiger partial charge is 0.241 e. The molecule has 0 spiro atoms. The summed E-state index contributed by atoms with van der Waals surface area (Å²) in [7, 11) is 0. The number of anilines is 1. The van der Waals surface area contributed by atoms with Crippen molar-refractivity contribution in [2.75, 3.05) is 31.6 Å². The summed E-state index contributed by atoms with van der Waals surface area (Å²) in [6, 6.07) is 4.51. The SMILES string of the molecule is Cc1ccc(NC(=O)C(C)N2CCC(C3OCCO3)CC2)cc1F. The molecule has 2 fully saturated rings. The van der Waals surface area contributed by atoms with Crippen LogP contribution in [0.3, 0.4) is 0 Å². The number of halogens is 1. The van der Waals surface area contributed by atoms with Gasteiger partial charge in [-0.05, 0) is 57.5 Å². The second-order valence-electron chi connectivity index (χ2n) is 6.61. The summed E-state index contributed by atoms with van der Waals surface area (Å²) in [5.41, 5.74) is 1.07. The first kappa shape index (κ1) is 17.3. The van der Waals surface area contributed by atoms with Gasteiger partial charge in [-0.1, -0.05) is 6.07 Å². The molecule has 1 unspecified atom stereocenters. The maximum Gasteiger partial charge on any atom is 0.241 e. The fraction of sp³-hybridized carbons (Fsp3) is 0.611. The Morgan fingerprint density at radius 1 is 1.29 bits per heavy atom. The number of hydrogen-bond donors (Lipinski definition) is 1. The predicted octanol–water partition coefficient (Wildman–Crippen LogP) is 2.55. The maximum atomic E-state index is 13.6. The molecule has 0 radical (unpaired) electrons. The minimum absolute atomic E-state index is 0.0770. The fourth-order valence-corrected chi connectivity index (χ4v) is 3.31. The van der Waals surface area contributed by atoms with Crippen LogP contribution in [0.25, 0.3) is 0 Å². The van der Waals surface area contributed by atoms with E-state index in [1.54, 1.807) is 19.1 Å². The van der Waals surface area contributed by atoms with Crippen LogP contribution in [-0.4, -0.2) is 49.4 Å². The molecule has 1 aromatic carbocycles. The summed E-state index contributed by atoms with van der Waals surface area (Å²) in [6.07, 6.45) is 1.84. The number of carbonyl (C=O) groups is 1. The molecule has 0 bridgehead atoms. The molecular formula is C18H25FN2O3. The largest absolute Gasteiger partial charge is 0.350 e. The van der Waals surface area contributed by atoms with E-state index in [1.807, 2.05) is 6.92 Å². The highest BCUT2D eigenvalue weighted by atomic mass is 19.1. The summed E-state index contributed by atoms with van der Waals surface area (Å²) in [5, 5.41) is 2.80. The van der Waals surface area contributed by atoms with E-state index in [4.69, 9.17) is 9.47 Å². The third-order valence-electron chi connectivity index (χ3n) is 4.97. The van der Waals surface area contributed by atoms with E-state index in [1.165, 1.54) is 6.07 Å². The van der Waals surface area contributed by atoms with Gasteiger partial charge in [-0.15, -0.1) is 0 Å². The molecule has 2 saturated heterocycles. The van der Waals surface area contributed by atoms with Gasteiger partial charge in [-0.3, -0.25) is 9.69 Å². The van der Waals surface area contributed by atoms with Crippen LogP contribution in [0.1, 0.15) is 25.3 Å². The lowest BCUT2D eigenvalue weighted by Crippen LogP contribution is -2.47. The number of ether oxygens (including phenoxy) is 2. The molecule has 6 heteroatoms. The van der Waals surface area contributed by atoms with Crippen molar-refractivity contribution in [1.82, 2.24) is 4.90 Å². The van der Waals surface area contributed by atoms with Gasteiger partial charge < -0.3 is 14.8 Å². The van der Waals surface area contributed by atoms with Crippen LogP contribution in [0, 0.1) is 18.7 Å². The van der Waals surface area contributed by atoms with E-state index < -0.39 is 0 Å². The monoisotopic (exact) mass is 336 g/mol. The number of nitrogens with zero attached hydrogens (tertiary/aromatic N) is 1. The molecule has 0 aliphatic carbocycles. The Kier molecular flexibility index (Phi) is 5.48. The molecule has 132 valence electrons. The minimum atomic E-state index is -0.308. The first-order chi connectivity index (χ1) is 11.5. The second kappa shape index (κ2) is 7.59. The predicted molar refractivity (Wildman–Crippen MR) is 89.2 cm³/mol. The molecule has 2 heterocycles. The van der Waals surface area contributed by atoms with Gasteiger partial charge in [0.2, 0.25) is 5.91 Å². The number of likely N-dealkylation sites (tertiary alicyclic amines) is 1. The highest BCUT2D eigenvalue weighted by Gasteiger charge is 2.33. The van der Waals surface area contributed by atoms with Crippen LogP contribution in [0.2, 0.25) is 0 Å². The van der Waals surface area contributed by atoms with Crippen molar-refractivity contribution in [3.05, 3.63) is 29.6 Å². The number of carbonyl (C=O) groups excluding carboxylic acids is 1. The number of rotatable bonds is 4. The minimum Gasteiger partial charge on any atom is -0.350 e. The Morgan fingerprint density at radius 2 is 1.96 bits per heavy atom. The van der Waals surface area contributed by atoms with Crippen molar-refractivity contribution in [3.8, 4) is 0 Å². The highest BCUT2D eigenvalue weighted by Crippen LogP contribution is 2.27.